The van der Waals surface area contributed by atoms with Crippen LogP contribution in [0.15, 0.2) is 24.4 Å². The van der Waals surface area contributed by atoms with E-state index in [1.807, 2.05) is 0 Å². The van der Waals surface area contributed by atoms with Gasteiger partial charge < -0.3 is 10.3 Å². The first kappa shape index (κ1) is 12.4. The highest BCUT2D eigenvalue weighted by Crippen LogP contribution is 2.29. The van der Waals surface area contributed by atoms with Crippen molar-refractivity contribution in [3.63, 3.8) is 0 Å². The monoisotopic (exact) mass is 255 g/mol. The summed E-state index contributed by atoms with van der Waals surface area (Å²) in [5.41, 5.74) is 11.0. The summed E-state index contributed by atoms with van der Waals surface area (Å²) in [4.78, 5) is 4.82. The topological polar surface area (TPSA) is 43.8 Å². The first-order valence-electron chi connectivity index (χ1n) is 6.97. The van der Waals surface area contributed by atoms with Crippen molar-refractivity contribution in [3.8, 4) is 11.3 Å². The molecule has 2 N–H and O–H groups in total. The Hall–Kier alpha value is -1.61. The van der Waals surface area contributed by atoms with Crippen LogP contribution in [0.25, 0.3) is 11.3 Å². The molecule has 0 spiro atoms. The molecule has 1 aromatic carbocycles. The Morgan fingerprint density at radius 3 is 2.89 bits per heavy atom. The average Bonchev–Trinajstić information content (AvgIpc) is 2.81. The van der Waals surface area contributed by atoms with E-state index in [1.165, 1.54) is 22.5 Å². The molecule has 1 aromatic heterocycles. The van der Waals surface area contributed by atoms with Crippen molar-refractivity contribution in [1.29, 1.82) is 0 Å². The zero-order chi connectivity index (χ0) is 13.6. The quantitative estimate of drug-likeness (QED) is 0.851. The predicted molar refractivity (Wildman–Crippen MR) is 78.1 cm³/mol. The fourth-order valence-electron chi connectivity index (χ4n) is 2.85. The average molecular weight is 255 g/mol. The standard InChI is InChI=1S/C16H21N3/c1-10-4-5-11(2)13(8-10)15-9-19-12(3)14(17)6-7-16(19)18-15/h4-5,8-9,12,14H,6-7,17H2,1-3H3. The van der Waals surface area contributed by atoms with Gasteiger partial charge in [0.25, 0.3) is 0 Å². The van der Waals surface area contributed by atoms with Crippen LogP contribution < -0.4 is 5.73 Å². The summed E-state index contributed by atoms with van der Waals surface area (Å²) < 4.78 is 2.26. The van der Waals surface area contributed by atoms with Crippen molar-refractivity contribution in [3.05, 3.63) is 41.3 Å². The molecule has 2 heterocycles. The van der Waals surface area contributed by atoms with Gasteiger partial charge in [-0.25, -0.2) is 4.98 Å². The number of aryl methyl sites for hydroxylation is 3. The Bertz CT molecular complexity index is 612. The van der Waals surface area contributed by atoms with Gasteiger partial charge in [-0.1, -0.05) is 17.7 Å². The second kappa shape index (κ2) is 4.49. The van der Waals surface area contributed by atoms with Gasteiger partial charge in [0.15, 0.2) is 0 Å². The molecule has 2 aromatic rings. The molecule has 0 saturated carbocycles. The number of rotatable bonds is 1. The molecule has 0 saturated heterocycles. The lowest BCUT2D eigenvalue weighted by Crippen LogP contribution is -2.35. The molecule has 0 fully saturated rings. The summed E-state index contributed by atoms with van der Waals surface area (Å²) in [7, 11) is 0. The number of fused-ring (bicyclic) bond motifs is 1. The van der Waals surface area contributed by atoms with Crippen LogP contribution in [0.1, 0.15) is 36.3 Å². The molecule has 0 radical (unpaired) electrons. The maximum Gasteiger partial charge on any atom is 0.109 e. The number of benzene rings is 1. The van der Waals surface area contributed by atoms with Gasteiger partial charge in [0.05, 0.1) is 5.69 Å². The number of hydrogen-bond donors (Lipinski definition) is 1. The highest BCUT2D eigenvalue weighted by Gasteiger charge is 2.24. The first-order chi connectivity index (χ1) is 9.06. The van der Waals surface area contributed by atoms with Crippen LogP contribution in [0.3, 0.4) is 0 Å². The number of nitrogens with two attached hydrogens (primary N) is 1. The Morgan fingerprint density at radius 2 is 2.11 bits per heavy atom. The van der Waals surface area contributed by atoms with Crippen molar-refractivity contribution in [2.75, 3.05) is 0 Å². The smallest absolute Gasteiger partial charge is 0.109 e. The number of aromatic nitrogens is 2. The van der Waals surface area contributed by atoms with E-state index in [-0.39, 0.29) is 6.04 Å². The molecule has 2 atom stereocenters. The Labute approximate surface area is 114 Å². The maximum absolute atomic E-state index is 6.15. The third-order valence-corrected chi connectivity index (χ3v) is 4.24. The number of imidazole rings is 1. The zero-order valence-corrected chi connectivity index (χ0v) is 11.9. The van der Waals surface area contributed by atoms with Gasteiger partial charge in [0.1, 0.15) is 5.82 Å². The number of nitrogens with zero attached hydrogens (tertiary/aromatic N) is 2. The lowest BCUT2D eigenvalue weighted by Gasteiger charge is -2.27. The van der Waals surface area contributed by atoms with Crippen LogP contribution in [0.4, 0.5) is 0 Å². The summed E-state index contributed by atoms with van der Waals surface area (Å²) in [5.74, 6) is 1.17. The van der Waals surface area contributed by atoms with Gasteiger partial charge >= 0.3 is 0 Å². The molecule has 0 aliphatic carbocycles. The highest BCUT2D eigenvalue weighted by atomic mass is 15.1. The van der Waals surface area contributed by atoms with Crippen LogP contribution in [-0.4, -0.2) is 15.6 Å². The van der Waals surface area contributed by atoms with Gasteiger partial charge in [-0.05, 0) is 38.8 Å². The minimum absolute atomic E-state index is 0.244. The lowest BCUT2D eigenvalue weighted by atomic mass is 10.0. The molecule has 0 bridgehead atoms. The van der Waals surface area contributed by atoms with Crippen LogP contribution in [-0.2, 0) is 6.42 Å². The largest absolute Gasteiger partial charge is 0.330 e. The van der Waals surface area contributed by atoms with E-state index in [2.05, 4.69) is 49.7 Å². The van der Waals surface area contributed by atoms with Gasteiger partial charge in [-0.2, -0.15) is 0 Å². The normalized spacial score (nSPS) is 22.3. The summed E-state index contributed by atoms with van der Waals surface area (Å²) >= 11 is 0. The van der Waals surface area contributed by atoms with E-state index in [9.17, 15) is 0 Å². The van der Waals surface area contributed by atoms with E-state index in [4.69, 9.17) is 10.7 Å². The molecule has 2 unspecified atom stereocenters. The fraction of sp³-hybridized carbons (Fsp3) is 0.438. The minimum Gasteiger partial charge on any atom is -0.330 e. The summed E-state index contributed by atoms with van der Waals surface area (Å²) in [5, 5.41) is 0. The van der Waals surface area contributed by atoms with E-state index in [0.29, 0.717) is 6.04 Å². The Morgan fingerprint density at radius 1 is 1.32 bits per heavy atom. The Balaban J connectivity index is 2.08. The van der Waals surface area contributed by atoms with E-state index in [1.54, 1.807) is 0 Å². The fourth-order valence-corrected chi connectivity index (χ4v) is 2.85. The van der Waals surface area contributed by atoms with Crippen molar-refractivity contribution in [1.82, 2.24) is 9.55 Å². The van der Waals surface area contributed by atoms with Crippen LogP contribution in [0, 0.1) is 13.8 Å². The van der Waals surface area contributed by atoms with Gasteiger partial charge in [-0.15, -0.1) is 0 Å². The summed E-state index contributed by atoms with van der Waals surface area (Å²) in [6.45, 7) is 6.45. The van der Waals surface area contributed by atoms with Crippen LogP contribution in [0.5, 0.6) is 0 Å². The third-order valence-electron chi connectivity index (χ3n) is 4.24. The van der Waals surface area contributed by atoms with Crippen molar-refractivity contribution in [2.45, 2.75) is 45.7 Å². The zero-order valence-electron chi connectivity index (χ0n) is 11.9. The molecule has 3 heteroatoms. The lowest BCUT2D eigenvalue weighted by molar-refractivity contribution is 0.368. The molecule has 3 nitrogen and oxygen atoms in total. The number of hydrogen-bond acceptors (Lipinski definition) is 2. The Kier molecular flexibility index (Phi) is 2.94. The van der Waals surface area contributed by atoms with E-state index in [0.717, 1.165) is 18.5 Å². The molecule has 1 aliphatic rings. The first-order valence-corrected chi connectivity index (χ1v) is 6.97. The molecule has 100 valence electrons. The van der Waals surface area contributed by atoms with Crippen molar-refractivity contribution >= 4 is 0 Å². The van der Waals surface area contributed by atoms with E-state index >= 15 is 0 Å². The van der Waals surface area contributed by atoms with Gasteiger partial charge in [0.2, 0.25) is 0 Å². The minimum atomic E-state index is 0.244. The van der Waals surface area contributed by atoms with E-state index < -0.39 is 0 Å². The molecule has 3 rings (SSSR count). The summed E-state index contributed by atoms with van der Waals surface area (Å²) in [6, 6.07) is 7.11. The predicted octanol–water partition coefficient (Wildman–Crippen LogP) is 3.00. The van der Waals surface area contributed by atoms with Crippen LogP contribution in [0.2, 0.25) is 0 Å². The van der Waals surface area contributed by atoms with Gasteiger partial charge in [0, 0.05) is 30.3 Å². The SMILES string of the molecule is Cc1ccc(C)c(-c2cn3c(n2)CCC(N)C3C)c1. The molecule has 0 amide bonds. The second-order valence-corrected chi connectivity index (χ2v) is 5.71. The molecule has 1 aliphatic heterocycles. The van der Waals surface area contributed by atoms with Crippen molar-refractivity contribution in [2.24, 2.45) is 5.73 Å². The second-order valence-electron chi connectivity index (χ2n) is 5.71. The molecule has 19 heavy (non-hydrogen) atoms. The molecular weight excluding hydrogens is 234 g/mol. The molecular formula is C16H21N3. The highest BCUT2D eigenvalue weighted by molar-refractivity contribution is 5.64. The maximum atomic E-state index is 6.15. The van der Waals surface area contributed by atoms with Crippen molar-refractivity contribution < 1.29 is 0 Å². The van der Waals surface area contributed by atoms with Gasteiger partial charge in [-0.3, -0.25) is 0 Å². The third kappa shape index (κ3) is 2.08. The summed E-state index contributed by atoms with van der Waals surface area (Å²) in [6.07, 6.45) is 4.18. The van der Waals surface area contributed by atoms with Crippen LogP contribution >= 0.6 is 0 Å².